The average Bonchev–Trinajstić information content (AvgIpc) is 2.38. The second kappa shape index (κ2) is 5.19. The summed E-state index contributed by atoms with van der Waals surface area (Å²) < 4.78 is 0. The Morgan fingerprint density at radius 1 is 1.39 bits per heavy atom. The summed E-state index contributed by atoms with van der Waals surface area (Å²) in [5.41, 5.74) is 9.56. The van der Waals surface area contributed by atoms with Crippen molar-refractivity contribution in [3.05, 3.63) is 46.7 Å². The Morgan fingerprint density at radius 3 is 2.67 bits per heavy atom. The van der Waals surface area contributed by atoms with Gasteiger partial charge in [-0.05, 0) is 24.5 Å². The standard InChI is InChI=1S/C14H15N3S/c1-10(13(8-15)14(16)18)17-7-6-11-4-2-3-5-12(11)9-17/h2-5H,6-7,9H2,1H3,(H2,16,18)/b13-10+. The first-order valence-electron chi connectivity index (χ1n) is 5.86. The molecule has 92 valence electrons. The van der Waals surface area contributed by atoms with Crippen molar-refractivity contribution >= 4 is 17.2 Å². The Kier molecular flexibility index (Phi) is 3.63. The van der Waals surface area contributed by atoms with Gasteiger partial charge in [0.1, 0.15) is 16.6 Å². The summed E-state index contributed by atoms with van der Waals surface area (Å²) in [5.74, 6) is 0. The largest absolute Gasteiger partial charge is 0.389 e. The highest BCUT2D eigenvalue weighted by molar-refractivity contribution is 7.80. The molecule has 0 bridgehead atoms. The molecule has 1 heterocycles. The van der Waals surface area contributed by atoms with Gasteiger partial charge in [0.15, 0.2) is 0 Å². The van der Waals surface area contributed by atoms with E-state index in [0.29, 0.717) is 5.57 Å². The minimum atomic E-state index is 0.175. The van der Waals surface area contributed by atoms with E-state index in [0.717, 1.165) is 25.2 Å². The van der Waals surface area contributed by atoms with Crippen LogP contribution < -0.4 is 5.73 Å². The highest BCUT2D eigenvalue weighted by Crippen LogP contribution is 2.22. The fourth-order valence-corrected chi connectivity index (χ4v) is 2.45. The van der Waals surface area contributed by atoms with Crippen molar-refractivity contribution in [2.24, 2.45) is 5.73 Å². The molecule has 18 heavy (non-hydrogen) atoms. The van der Waals surface area contributed by atoms with Gasteiger partial charge in [0.25, 0.3) is 0 Å². The minimum Gasteiger partial charge on any atom is -0.389 e. The molecular weight excluding hydrogens is 242 g/mol. The van der Waals surface area contributed by atoms with Crippen molar-refractivity contribution in [3.8, 4) is 6.07 Å². The van der Waals surface area contributed by atoms with Crippen molar-refractivity contribution in [2.75, 3.05) is 6.54 Å². The van der Waals surface area contributed by atoms with Gasteiger partial charge in [0.05, 0.1) is 0 Å². The van der Waals surface area contributed by atoms with Crippen LogP contribution in [0.3, 0.4) is 0 Å². The molecular formula is C14H15N3S. The number of hydrogen-bond acceptors (Lipinski definition) is 3. The summed E-state index contributed by atoms with van der Waals surface area (Å²) in [6.45, 7) is 3.62. The van der Waals surface area contributed by atoms with Crippen LogP contribution in [0.1, 0.15) is 18.1 Å². The van der Waals surface area contributed by atoms with Crippen molar-refractivity contribution in [1.29, 1.82) is 5.26 Å². The summed E-state index contributed by atoms with van der Waals surface area (Å²) in [6.07, 6.45) is 0.990. The SMILES string of the molecule is C/C(=C(/C#N)C(N)=S)N1CCc2ccccc2C1. The van der Waals surface area contributed by atoms with Crippen LogP contribution >= 0.6 is 12.2 Å². The molecule has 4 heteroatoms. The first kappa shape index (κ1) is 12.6. The van der Waals surface area contributed by atoms with Gasteiger partial charge < -0.3 is 10.6 Å². The number of nitrogens with zero attached hydrogens (tertiary/aromatic N) is 2. The van der Waals surface area contributed by atoms with Gasteiger partial charge in [-0.1, -0.05) is 36.5 Å². The van der Waals surface area contributed by atoms with Crippen molar-refractivity contribution < 1.29 is 0 Å². The third kappa shape index (κ3) is 2.36. The number of rotatable bonds is 2. The third-order valence-electron chi connectivity index (χ3n) is 3.32. The van der Waals surface area contributed by atoms with Gasteiger partial charge in [-0.2, -0.15) is 5.26 Å². The van der Waals surface area contributed by atoms with E-state index in [2.05, 4.69) is 29.2 Å². The summed E-state index contributed by atoms with van der Waals surface area (Å²) >= 11 is 4.91. The Hall–Kier alpha value is -1.86. The molecule has 0 saturated heterocycles. The number of allylic oxidation sites excluding steroid dienone is 1. The number of hydrogen-bond donors (Lipinski definition) is 1. The van der Waals surface area contributed by atoms with E-state index >= 15 is 0 Å². The van der Waals surface area contributed by atoms with Crippen LogP contribution in [0.25, 0.3) is 0 Å². The van der Waals surface area contributed by atoms with Gasteiger partial charge >= 0.3 is 0 Å². The molecule has 0 amide bonds. The molecule has 0 aromatic heterocycles. The molecule has 1 aromatic carbocycles. The lowest BCUT2D eigenvalue weighted by atomic mass is 9.99. The van der Waals surface area contributed by atoms with Crippen molar-refractivity contribution in [3.63, 3.8) is 0 Å². The summed E-state index contributed by atoms with van der Waals surface area (Å²) in [6, 6.07) is 10.5. The molecule has 0 unspecified atom stereocenters. The van der Waals surface area contributed by atoms with Crippen LogP contribution in [-0.4, -0.2) is 16.4 Å². The van der Waals surface area contributed by atoms with Gasteiger partial charge in [0, 0.05) is 18.8 Å². The van der Waals surface area contributed by atoms with Crippen LogP contribution in [0, 0.1) is 11.3 Å². The summed E-state index contributed by atoms with van der Waals surface area (Å²) in [5, 5.41) is 9.09. The summed E-state index contributed by atoms with van der Waals surface area (Å²) in [4.78, 5) is 2.34. The number of benzene rings is 1. The first-order chi connectivity index (χ1) is 8.63. The third-order valence-corrected chi connectivity index (χ3v) is 3.53. The van der Waals surface area contributed by atoms with Gasteiger partial charge in [-0.3, -0.25) is 0 Å². The lowest BCUT2D eigenvalue weighted by Crippen LogP contribution is -2.31. The van der Waals surface area contributed by atoms with Crippen LogP contribution in [0.15, 0.2) is 35.5 Å². The van der Waals surface area contributed by atoms with E-state index in [1.165, 1.54) is 11.1 Å². The lowest BCUT2D eigenvalue weighted by Gasteiger charge is -2.31. The van der Waals surface area contributed by atoms with E-state index in [4.69, 9.17) is 23.2 Å². The molecule has 0 atom stereocenters. The molecule has 0 fully saturated rings. The quantitative estimate of drug-likeness (QED) is 0.501. The Balaban J connectivity index is 2.29. The number of fused-ring (bicyclic) bond motifs is 1. The van der Waals surface area contributed by atoms with Crippen LogP contribution in [-0.2, 0) is 13.0 Å². The second-order valence-electron chi connectivity index (χ2n) is 4.38. The second-order valence-corrected chi connectivity index (χ2v) is 4.82. The molecule has 1 aromatic rings. The topological polar surface area (TPSA) is 53.1 Å². The van der Waals surface area contributed by atoms with Crippen molar-refractivity contribution in [2.45, 2.75) is 19.9 Å². The predicted molar refractivity (Wildman–Crippen MR) is 75.7 cm³/mol. The Morgan fingerprint density at radius 2 is 2.06 bits per heavy atom. The molecule has 2 N–H and O–H groups in total. The maximum Gasteiger partial charge on any atom is 0.116 e. The lowest BCUT2D eigenvalue weighted by molar-refractivity contribution is 0.322. The van der Waals surface area contributed by atoms with Crippen LogP contribution in [0.5, 0.6) is 0 Å². The summed E-state index contributed by atoms with van der Waals surface area (Å²) in [7, 11) is 0. The molecule has 2 rings (SSSR count). The zero-order valence-electron chi connectivity index (χ0n) is 10.3. The number of nitriles is 1. The normalized spacial score (nSPS) is 15.4. The van der Waals surface area contributed by atoms with Crippen LogP contribution in [0.2, 0.25) is 0 Å². The molecule has 0 spiro atoms. The van der Waals surface area contributed by atoms with E-state index < -0.39 is 0 Å². The molecule has 1 aliphatic rings. The molecule has 0 saturated carbocycles. The minimum absolute atomic E-state index is 0.175. The number of thiocarbonyl (C=S) groups is 1. The molecule has 1 aliphatic heterocycles. The smallest absolute Gasteiger partial charge is 0.116 e. The zero-order valence-corrected chi connectivity index (χ0v) is 11.1. The maximum atomic E-state index is 9.09. The Bertz CT molecular complexity index is 554. The van der Waals surface area contributed by atoms with Gasteiger partial charge in [-0.15, -0.1) is 0 Å². The average molecular weight is 257 g/mol. The van der Waals surface area contributed by atoms with Gasteiger partial charge in [0.2, 0.25) is 0 Å². The van der Waals surface area contributed by atoms with Crippen LogP contribution in [0.4, 0.5) is 0 Å². The van der Waals surface area contributed by atoms with E-state index in [9.17, 15) is 0 Å². The highest BCUT2D eigenvalue weighted by atomic mass is 32.1. The number of nitrogens with two attached hydrogens (primary N) is 1. The molecule has 0 aliphatic carbocycles. The highest BCUT2D eigenvalue weighted by Gasteiger charge is 2.18. The fourth-order valence-electron chi connectivity index (χ4n) is 2.25. The molecule has 0 radical (unpaired) electrons. The maximum absolute atomic E-state index is 9.09. The van der Waals surface area contributed by atoms with E-state index in [1.807, 2.05) is 13.0 Å². The monoisotopic (exact) mass is 257 g/mol. The zero-order chi connectivity index (χ0) is 13.1. The Labute approximate surface area is 113 Å². The van der Waals surface area contributed by atoms with E-state index in [1.54, 1.807) is 0 Å². The van der Waals surface area contributed by atoms with E-state index in [-0.39, 0.29) is 4.99 Å². The molecule has 3 nitrogen and oxygen atoms in total. The fraction of sp³-hybridized carbons (Fsp3) is 0.286. The predicted octanol–water partition coefficient (Wildman–Crippen LogP) is 2.13. The van der Waals surface area contributed by atoms with Crippen molar-refractivity contribution in [1.82, 2.24) is 4.90 Å². The van der Waals surface area contributed by atoms with Gasteiger partial charge in [-0.25, -0.2) is 0 Å². The first-order valence-corrected chi connectivity index (χ1v) is 6.27.